The van der Waals surface area contributed by atoms with Crippen molar-refractivity contribution in [3.8, 4) is 0 Å². The monoisotopic (exact) mass is 395 g/mol. The summed E-state index contributed by atoms with van der Waals surface area (Å²) in [6, 6.07) is 20.6. The van der Waals surface area contributed by atoms with Crippen LogP contribution >= 0.6 is 11.8 Å². The number of para-hydroxylation sites is 1. The molecule has 0 unspecified atom stereocenters. The van der Waals surface area contributed by atoms with E-state index in [1.807, 2.05) is 60.7 Å². The van der Waals surface area contributed by atoms with Crippen molar-refractivity contribution in [3.05, 3.63) is 84.3 Å². The highest BCUT2D eigenvalue weighted by molar-refractivity contribution is 8.00. The van der Waals surface area contributed by atoms with Crippen LogP contribution in [0.1, 0.15) is 17.4 Å². The zero-order chi connectivity index (χ0) is 19.8. The van der Waals surface area contributed by atoms with E-state index in [1.165, 1.54) is 11.8 Å². The normalized spacial score (nSPS) is 11.7. The minimum Gasteiger partial charge on any atom is -0.467 e. The van der Waals surface area contributed by atoms with Gasteiger partial charge in [0.2, 0.25) is 11.8 Å². The van der Waals surface area contributed by atoms with Crippen LogP contribution in [-0.2, 0) is 9.59 Å². The van der Waals surface area contributed by atoms with Crippen molar-refractivity contribution in [2.75, 3.05) is 17.6 Å². The fourth-order valence-corrected chi connectivity index (χ4v) is 3.46. The number of carbonyl (C=O) groups is 2. The van der Waals surface area contributed by atoms with Crippen molar-refractivity contribution in [1.29, 1.82) is 0 Å². The van der Waals surface area contributed by atoms with Crippen molar-refractivity contribution in [1.82, 2.24) is 5.32 Å². The van der Waals surface area contributed by atoms with Gasteiger partial charge in [-0.3, -0.25) is 14.9 Å². The van der Waals surface area contributed by atoms with Gasteiger partial charge in [0.05, 0.1) is 30.3 Å². The Morgan fingerprint density at radius 2 is 1.75 bits per heavy atom. The van der Waals surface area contributed by atoms with Crippen molar-refractivity contribution < 1.29 is 14.0 Å². The molecule has 144 valence electrons. The predicted octanol–water partition coefficient (Wildman–Crippen LogP) is 3.17. The van der Waals surface area contributed by atoms with Crippen LogP contribution in [0.25, 0.3) is 0 Å². The number of benzene rings is 2. The molecule has 4 N–H and O–H groups in total. The zero-order valence-corrected chi connectivity index (χ0v) is 15.9. The number of nitrogens with two attached hydrogens (primary N) is 1. The Bertz CT molecular complexity index is 914. The molecular weight excluding hydrogens is 374 g/mol. The fourth-order valence-electron chi connectivity index (χ4n) is 2.72. The van der Waals surface area contributed by atoms with E-state index in [-0.39, 0.29) is 24.2 Å². The first-order chi connectivity index (χ1) is 13.6. The number of furan rings is 1. The van der Waals surface area contributed by atoms with E-state index in [0.29, 0.717) is 5.69 Å². The van der Waals surface area contributed by atoms with Gasteiger partial charge in [-0.05, 0) is 29.8 Å². The van der Waals surface area contributed by atoms with Gasteiger partial charge in [0.15, 0.2) is 0 Å². The van der Waals surface area contributed by atoms with Gasteiger partial charge in [0.1, 0.15) is 5.76 Å². The lowest BCUT2D eigenvalue weighted by Crippen LogP contribution is -2.31. The summed E-state index contributed by atoms with van der Waals surface area (Å²) in [6.07, 6.45) is 1.61. The molecule has 3 rings (SSSR count). The number of thioether (sulfide) groups is 1. The van der Waals surface area contributed by atoms with Crippen LogP contribution in [0.15, 0.2) is 82.3 Å². The quantitative estimate of drug-likeness (QED) is 0.484. The molecule has 6 nitrogen and oxygen atoms in total. The minimum atomic E-state index is -0.406. The highest BCUT2D eigenvalue weighted by Crippen LogP contribution is 2.27. The molecule has 2 amide bonds. The first kappa shape index (κ1) is 19.7. The van der Waals surface area contributed by atoms with Gasteiger partial charge < -0.3 is 15.5 Å². The Hall–Kier alpha value is -3.03. The van der Waals surface area contributed by atoms with E-state index in [4.69, 9.17) is 10.2 Å². The van der Waals surface area contributed by atoms with Gasteiger partial charge in [0, 0.05) is 4.90 Å². The molecule has 3 aromatic rings. The minimum absolute atomic E-state index is 0.0923. The summed E-state index contributed by atoms with van der Waals surface area (Å²) in [5.74, 6) is 0.285. The van der Waals surface area contributed by atoms with Crippen molar-refractivity contribution >= 4 is 29.3 Å². The Labute approximate surface area is 167 Å². The molecule has 0 aliphatic heterocycles. The van der Waals surface area contributed by atoms with E-state index >= 15 is 0 Å². The van der Waals surface area contributed by atoms with E-state index in [1.54, 1.807) is 12.3 Å². The highest BCUT2D eigenvalue weighted by atomic mass is 32.2. The smallest absolute Gasteiger partial charge is 0.238 e. The Kier molecular flexibility index (Phi) is 6.89. The SMILES string of the molecule is NC(=O)CSc1ccccc1NC(=O)CN[C@H](c1ccccc1)c1ccco1. The topological polar surface area (TPSA) is 97.4 Å². The lowest BCUT2D eigenvalue weighted by molar-refractivity contribution is -0.116. The standard InChI is InChI=1S/C21H21N3O3S/c22-19(25)14-28-18-11-5-4-9-16(18)24-20(26)13-23-21(17-10-6-12-27-17)15-7-2-1-3-8-15/h1-12,21,23H,13-14H2,(H2,22,25)(H,24,26)/t21-/m1/s1. The third-order valence-electron chi connectivity index (χ3n) is 3.96. The maximum Gasteiger partial charge on any atom is 0.238 e. The number of nitrogens with one attached hydrogen (secondary N) is 2. The zero-order valence-electron chi connectivity index (χ0n) is 15.1. The first-order valence-electron chi connectivity index (χ1n) is 8.75. The summed E-state index contributed by atoms with van der Waals surface area (Å²) in [7, 11) is 0. The summed E-state index contributed by atoms with van der Waals surface area (Å²) in [6.45, 7) is 0.0923. The van der Waals surface area contributed by atoms with E-state index < -0.39 is 5.91 Å². The summed E-state index contributed by atoms with van der Waals surface area (Å²) in [5, 5.41) is 6.12. The molecule has 0 aliphatic rings. The van der Waals surface area contributed by atoms with Crippen LogP contribution in [0, 0.1) is 0 Å². The molecule has 1 heterocycles. The molecule has 0 fully saturated rings. The molecule has 2 aromatic carbocycles. The molecule has 1 aromatic heterocycles. The lowest BCUT2D eigenvalue weighted by atomic mass is 10.0. The molecule has 0 radical (unpaired) electrons. The number of rotatable bonds is 9. The summed E-state index contributed by atoms with van der Waals surface area (Å²) >= 11 is 1.29. The maximum absolute atomic E-state index is 12.5. The van der Waals surface area contributed by atoms with E-state index in [9.17, 15) is 9.59 Å². The molecule has 0 aliphatic carbocycles. The van der Waals surface area contributed by atoms with Gasteiger partial charge in [-0.2, -0.15) is 0 Å². The van der Waals surface area contributed by atoms with Gasteiger partial charge >= 0.3 is 0 Å². The number of primary amides is 1. The number of anilines is 1. The third-order valence-corrected chi connectivity index (χ3v) is 5.05. The molecule has 0 spiro atoms. The highest BCUT2D eigenvalue weighted by Gasteiger charge is 2.18. The van der Waals surface area contributed by atoms with Gasteiger partial charge in [-0.15, -0.1) is 11.8 Å². The Morgan fingerprint density at radius 3 is 2.46 bits per heavy atom. The summed E-state index contributed by atoms with van der Waals surface area (Å²) in [5.41, 5.74) is 6.86. The number of hydrogen-bond acceptors (Lipinski definition) is 5. The van der Waals surface area contributed by atoms with Gasteiger partial charge in [0.25, 0.3) is 0 Å². The third kappa shape index (κ3) is 5.48. The average molecular weight is 395 g/mol. The van der Waals surface area contributed by atoms with Crippen LogP contribution in [0.2, 0.25) is 0 Å². The van der Waals surface area contributed by atoms with Crippen LogP contribution in [0.4, 0.5) is 5.69 Å². The second-order valence-electron chi connectivity index (χ2n) is 6.04. The molecule has 7 heteroatoms. The van der Waals surface area contributed by atoms with Crippen molar-refractivity contribution in [2.45, 2.75) is 10.9 Å². The second-order valence-corrected chi connectivity index (χ2v) is 7.06. The number of hydrogen-bond donors (Lipinski definition) is 3. The summed E-state index contributed by atoms with van der Waals surface area (Å²) < 4.78 is 5.53. The van der Waals surface area contributed by atoms with Crippen LogP contribution in [0.5, 0.6) is 0 Å². The molecule has 0 bridgehead atoms. The van der Waals surface area contributed by atoms with Crippen LogP contribution < -0.4 is 16.4 Å². The Balaban J connectivity index is 1.65. The second kappa shape index (κ2) is 9.77. The molecule has 0 saturated carbocycles. The van der Waals surface area contributed by atoms with Crippen molar-refractivity contribution in [3.63, 3.8) is 0 Å². The molecule has 0 saturated heterocycles. The molecule has 28 heavy (non-hydrogen) atoms. The fraction of sp³-hybridized carbons (Fsp3) is 0.143. The molecular formula is C21H21N3O3S. The molecule has 1 atom stereocenters. The maximum atomic E-state index is 12.5. The van der Waals surface area contributed by atoms with Gasteiger partial charge in [-0.25, -0.2) is 0 Å². The van der Waals surface area contributed by atoms with Crippen LogP contribution in [-0.4, -0.2) is 24.1 Å². The van der Waals surface area contributed by atoms with Gasteiger partial charge in [-0.1, -0.05) is 42.5 Å². The number of amides is 2. The average Bonchev–Trinajstić information content (AvgIpc) is 3.23. The largest absolute Gasteiger partial charge is 0.467 e. The predicted molar refractivity (Wildman–Crippen MR) is 110 cm³/mol. The Morgan fingerprint density at radius 1 is 1.00 bits per heavy atom. The van der Waals surface area contributed by atoms with Crippen molar-refractivity contribution in [2.24, 2.45) is 5.73 Å². The first-order valence-corrected chi connectivity index (χ1v) is 9.74. The van der Waals surface area contributed by atoms with E-state index in [2.05, 4.69) is 10.6 Å². The number of carbonyl (C=O) groups excluding carboxylic acids is 2. The van der Waals surface area contributed by atoms with Crippen LogP contribution in [0.3, 0.4) is 0 Å². The lowest BCUT2D eigenvalue weighted by Gasteiger charge is -2.17. The van der Waals surface area contributed by atoms with E-state index in [0.717, 1.165) is 16.2 Å². The summed E-state index contributed by atoms with van der Waals surface area (Å²) in [4.78, 5) is 24.3.